The molecule has 0 saturated carbocycles. The number of aliphatic hydroxyl groups is 1. The van der Waals surface area contributed by atoms with Crippen LogP contribution in [0.2, 0.25) is 0 Å². The first-order valence-corrected chi connectivity index (χ1v) is 8.03. The van der Waals surface area contributed by atoms with Crippen LogP contribution in [0.25, 0.3) is 0 Å². The number of aliphatic hydroxyl groups excluding tert-OH is 1. The molecule has 7 heteroatoms. The van der Waals surface area contributed by atoms with Gasteiger partial charge in [0.1, 0.15) is 11.5 Å². The number of phenolic OH excluding ortho intramolecular Hbond substituents is 2. The summed E-state index contributed by atoms with van der Waals surface area (Å²) in [6.45, 7) is 2.25. The molecule has 134 valence electrons. The average Bonchev–Trinajstić information content (AvgIpc) is 2.53. The Kier molecular flexibility index (Phi) is 8.64. The SMILES string of the molecule is CCOC(=O)CCCNC(=O)C(CCO)Cc1ccc(O)cc1O. The zero-order chi connectivity index (χ0) is 17.9. The van der Waals surface area contributed by atoms with Crippen LogP contribution >= 0.6 is 0 Å². The molecule has 0 bridgehead atoms. The number of benzene rings is 1. The largest absolute Gasteiger partial charge is 0.508 e. The molecule has 0 aliphatic rings. The molecular weight excluding hydrogens is 314 g/mol. The van der Waals surface area contributed by atoms with Crippen molar-refractivity contribution in [2.24, 2.45) is 5.92 Å². The first kappa shape index (κ1) is 19.8. The van der Waals surface area contributed by atoms with Crippen molar-refractivity contribution in [1.29, 1.82) is 0 Å². The van der Waals surface area contributed by atoms with Gasteiger partial charge in [0.05, 0.1) is 6.61 Å². The highest BCUT2D eigenvalue weighted by Crippen LogP contribution is 2.25. The van der Waals surface area contributed by atoms with Crippen molar-refractivity contribution in [3.63, 3.8) is 0 Å². The highest BCUT2D eigenvalue weighted by Gasteiger charge is 2.20. The van der Waals surface area contributed by atoms with Crippen molar-refractivity contribution >= 4 is 11.9 Å². The Hall–Kier alpha value is -2.28. The van der Waals surface area contributed by atoms with E-state index in [1.807, 2.05) is 0 Å². The van der Waals surface area contributed by atoms with Crippen LogP contribution in [-0.2, 0) is 20.7 Å². The Morgan fingerprint density at radius 3 is 2.67 bits per heavy atom. The molecule has 1 unspecified atom stereocenters. The number of hydrogen-bond donors (Lipinski definition) is 4. The first-order valence-electron chi connectivity index (χ1n) is 8.03. The average molecular weight is 339 g/mol. The van der Waals surface area contributed by atoms with E-state index >= 15 is 0 Å². The Labute approximate surface area is 141 Å². The molecule has 1 atom stereocenters. The molecule has 24 heavy (non-hydrogen) atoms. The molecule has 0 aliphatic heterocycles. The molecule has 0 spiro atoms. The Morgan fingerprint density at radius 1 is 1.29 bits per heavy atom. The van der Waals surface area contributed by atoms with Gasteiger partial charge in [-0.3, -0.25) is 9.59 Å². The smallest absolute Gasteiger partial charge is 0.305 e. The molecule has 4 N–H and O–H groups in total. The highest BCUT2D eigenvalue weighted by molar-refractivity contribution is 5.79. The van der Waals surface area contributed by atoms with Crippen molar-refractivity contribution in [1.82, 2.24) is 5.32 Å². The molecule has 0 aromatic heterocycles. The quantitative estimate of drug-likeness (QED) is 0.375. The predicted molar refractivity (Wildman–Crippen MR) is 87.5 cm³/mol. The lowest BCUT2D eigenvalue weighted by atomic mass is 9.95. The summed E-state index contributed by atoms with van der Waals surface area (Å²) < 4.78 is 4.80. The fraction of sp³-hybridized carbons (Fsp3) is 0.529. The van der Waals surface area contributed by atoms with E-state index in [1.165, 1.54) is 12.1 Å². The molecule has 0 fully saturated rings. The van der Waals surface area contributed by atoms with E-state index in [0.717, 1.165) is 0 Å². The van der Waals surface area contributed by atoms with Crippen molar-refractivity contribution in [3.05, 3.63) is 23.8 Å². The van der Waals surface area contributed by atoms with Crippen molar-refractivity contribution in [2.45, 2.75) is 32.6 Å². The van der Waals surface area contributed by atoms with Gasteiger partial charge in [-0.1, -0.05) is 6.07 Å². The lowest BCUT2D eigenvalue weighted by molar-refractivity contribution is -0.143. The van der Waals surface area contributed by atoms with Gasteiger partial charge in [0.2, 0.25) is 5.91 Å². The third-order valence-corrected chi connectivity index (χ3v) is 3.55. The number of phenols is 2. The standard InChI is InChI=1S/C17H25NO6/c1-2-24-16(22)4-3-8-18-17(23)13(7-9-19)10-12-5-6-14(20)11-15(12)21/h5-6,11,13,19-21H,2-4,7-10H2,1H3,(H,18,23). The van der Waals surface area contributed by atoms with E-state index in [1.54, 1.807) is 13.0 Å². The van der Waals surface area contributed by atoms with E-state index in [9.17, 15) is 19.8 Å². The zero-order valence-corrected chi connectivity index (χ0v) is 13.8. The van der Waals surface area contributed by atoms with Gasteiger partial charge in [-0.05, 0) is 37.8 Å². The molecule has 1 rings (SSSR count). The number of hydrogen-bond acceptors (Lipinski definition) is 6. The van der Waals surface area contributed by atoms with Crippen molar-refractivity contribution < 1.29 is 29.6 Å². The monoisotopic (exact) mass is 339 g/mol. The van der Waals surface area contributed by atoms with Gasteiger partial charge in [0.25, 0.3) is 0 Å². The van der Waals surface area contributed by atoms with E-state index < -0.39 is 5.92 Å². The van der Waals surface area contributed by atoms with Crippen LogP contribution in [-0.4, -0.2) is 47.0 Å². The number of amides is 1. The first-order chi connectivity index (χ1) is 11.5. The Morgan fingerprint density at radius 2 is 2.04 bits per heavy atom. The fourth-order valence-electron chi connectivity index (χ4n) is 2.29. The molecule has 1 amide bonds. The summed E-state index contributed by atoms with van der Waals surface area (Å²) >= 11 is 0. The summed E-state index contributed by atoms with van der Waals surface area (Å²) in [6.07, 6.45) is 1.21. The molecule has 0 saturated heterocycles. The molecular formula is C17H25NO6. The normalized spacial score (nSPS) is 11.8. The zero-order valence-electron chi connectivity index (χ0n) is 13.8. The van der Waals surface area contributed by atoms with Crippen LogP contribution in [0, 0.1) is 5.92 Å². The second kappa shape index (κ2) is 10.5. The fourth-order valence-corrected chi connectivity index (χ4v) is 2.29. The lowest BCUT2D eigenvalue weighted by Crippen LogP contribution is -2.33. The number of carbonyl (C=O) groups is 2. The van der Waals surface area contributed by atoms with Crippen LogP contribution in [0.3, 0.4) is 0 Å². The summed E-state index contributed by atoms with van der Waals surface area (Å²) in [4.78, 5) is 23.4. The molecule has 0 radical (unpaired) electrons. The van der Waals surface area contributed by atoms with Gasteiger partial charge in [-0.15, -0.1) is 0 Å². The van der Waals surface area contributed by atoms with Crippen LogP contribution in [0.5, 0.6) is 11.5 Å². The second-order valence-corrected chi connectivity index (χ2v) is 5.43. The number of esters is 1. The summed E-state index contributed by atoms with van der Waals surface area (Å²) in [6, 6.07) is 4.19. The van der Waals surface area contributed by atoms with E-state index in [2.05, 4.69) is 5.32 Å². The molecule has 0 heterocycles. The maximum Gasteiger partial charge on any atom is 0.305 e. The molecule has 1 aromatic carbocycles. The highest BCUT2D eigenvalue weighted by atomic mass is 16.5. The molecule has 0 aliphatic carbocycles. The van der Waals surface area contributed by atoms with Crippen LogP contribution in [0.4, 0.5) is 0 Å². The summed E-state index contributed by atoms with van der Waals surface area (Å²) in [5.41, 5.74) is 0.521. The molecule has 7 nitrogen and oxygen atoms in total. The van der Waals surface area contributed by atoms with Gasteiger partial charge >= 0.3 is 5.97 Å². The maximum absolute atomic E-state index is 12.2. The Balaban J connectivity index is 2.51. The van der Waals surface area contributed by atoms with Crippen LogP contribution in [0.1, 0.15) is 31.7 Å². The number of rotatable bonds is 10. The van der Waals surface area contributed by atoms with Gasteiger partial charge in [0.15, 0.2) is 0 Å². The molecule has 1 aromatic rings. The summed E-state index contributed by atoms with van der Waals surface area (Å²) in [5.74, 6) is -1.20. The van der Waals surface area contributed by atoms with Gasteiger partial charge in [-0.2, -0.15) is 0 Å². The van der Waals surface area contributed by atoms with Gasteiger partial charge in [0, 0.05) is 31.6 Å². The summed E-state index contributed by atoms with van der Waals surface area (Å²) in [7, 11) is 0. The third-order valence-electron chi connectivity index (χ3n) is 3.55. The second-order valence-electron chi connectivity index (χ2n) is 5.43. The minimum absolute atomic E-state index is 0.0571. The minimum atomic E-state index is -0.506. The van der Waals surface area contributed by atoms with Crippen molar-refractivity contribution in [2.75, 3.05) is 19.8 Å². The van der Waals surface area contributed by atoms with E-state index in [0.29, 0.717) is 25.1 Å². The van der Waals surface area contributed by atoms with Crippen molar-refractivity contribution in [3.8, 4) is 11.5 Å². The third kappa shape index (κ3) is 6.87. The summed E-state index contributed by atoms with van der Waals surface area (Å²) in [5, 5.41) is 31.0. The minimum Gasteiger partial charge on any atom is -0.508 e. The number of aromatic hydroxyl groups is 2. The number of ether oxygens (including phenoxy) is 1. The number of carbonyl (C=O) groups excluding carboxylic acids is 2. The van der Waals surface area contributed by atoms with Crippen LogP contribution < -0.4 is 5.32 Å². The Bertz CT molecular complexity index is 546. The topological polar surface area (TPSA) is 116 Å². The van der Waals surface area contributed by atoms with Gasteiger partial charge < -0.3 is 25.4 Å². The lowest BCUT2D eigenvalue weighted by Gasteiger charge is -2.16. The predicted octanol–water partition coefficient (Wildman–Crippen LogP) is 1.10. The van der Waals surface area contributed by atoms with Gasteiger partial charge in [-0.25, -0.2) is 0 Å². The van der Waals surface area contributed by atoms with E-state index in [-0.39, 0.29) is 49.2 Å². The van der Waals surface area contributed by atoms with Crippen LogP contribution in [0.15, 0.2) is 18.2 Å². The number of nitrogens with one attached hydrogen (secondary N) is 1. The van der Waals surface area contributed by atoms with E-state index in [4.69, 9.17) is 9.84 Å². The maximum atomic E-state index is 12.2.